The van der Waals surface area contributed by atoms with Gasteiger partial charge in [-0.15, -0.1) is 0 Å². The molecule has 0 aliphatic carbocycles. The Labute approximate surface area is 164 Å². The number of Topliss-reactive ketones (excluding diaryl/α,β-unsaturated/α-hetero) is 1. The summed E-state index contributed by atoms with van der Waals surface area (Å²) in [6, 6.07) is 28.6. The molecule has 0 radical (unpaired) electrons. The van der Waals surface area contributed by atoms with E-state index in [-0.39, 0.29) is 18.1 Å². The molecule has 138 valence electrons. The Kier molecular flexibility index (Phi) is 4.90. The number of carbonyl (C=O) groups is 2. The van der Waals surface area contributed by atoms with Crippen LogP contribution >= 0.6 is 0 Å². The second-order valence-corrected chi connectivity index (χ2v) is 6.87. The van der Waals surface area contributed by atoms with Crippen LogP contribution in [0.2, 0.25) is 0 Å². The maximum Gasteiger partial charge on any atom is 0.331 e. The zero-order chi connectivity index (χ0) is 19.4. The highest BCUT2D eigenvalue weighted by Crippen LogP contribution is 2.46. The molecule has 0 saturated heterocycles. The van der Waals surface area contributed by atoms with Crippen LogP contribution in [0.4, 0.5) is 0 Å². The molecule has 0 bridgehead atoms. The molecule has 3 heteroatoms. The molecule has 1 heterocycles. The third-order valence-electron chi connectivity index (χ3n) is 5.17. The number of ketones is 1. The summed E-state index contributed by atoms with van der Waals surface area (Å²) in [6.07, 6.45) is 3.47. The number of carbonyl (C=O) groups excluding carboxylic acids is 2. The molecule has 0 saturated carbocycles. The van der Waals surface area contributed by atoms with E-state index < -0.39 is 11.6 Å². The molecule has 2 atom stereocenters. The molecule has 1 aliphatic heterocycles. The molecule has 0 aromatic heterocycles. The van der Waals surface area contributed by atoms with E-state index >= 15 is 0 Å². The summed E-state index contributed by atoms with van der Waals surface area (Å²) in [7, 11) is 0. The van der Waals surface area contributed by atoms with Crippen molar-refractivity contribution in [1.29, 1.82) is 0 Å². The van der Waals surface area contributed by atoms with Crippen molar-refractivity contribution >= 4 is 11.8 Å². The van der Waals surface area contributed by atoms with Crippen molar-refractivity contribution in [2.75, 3.05) is 0 Å². The van der Waals surface area contributed by atoms with E-state index in [1.54, 1.807) is 6.08 Å². The van der Waals surface area contributed by atoms with Crippen LogP contribution in [0.5, 0.6) is 0 Å². The number of ether oxygens (including phenoxy) is 1. The standard InChI is InChI=1S/C25H20O3/c26-23(20-12-6-2-7-13-20)18-22(19-10-4-1-5-11-19)25(17-16-24(27)28-25)21-14-8-3-9-15-21/h1-17,22H,18H2/t22-,25-/m0/s1. The van der Waals surface area contributed by atoms with E-state index in [1.807, 2.05) is 91.0 Å². The number of hydrogen-bond donors (Lipinski definition) is 0. The van der Waals surface area contributed by atoms with E-state index in [1.165, 1.54) is 6.08 Å². The summed E-state index contributed by atoms with van der Waals surface area (Å²) in [5.41, 5.74) is 1.45. The Bertz CT molecular complexity index is 994. The predicted molar refractivity (Wildman–Crippen MR) is 108 cm³/mol. The minimum absolute atomic E-state index is 0.0149. The first-order valence-electron chi connectivity index (χ1n) is 9.30. The minimum atomic E-state index is -1.01. The van der Waals surface area contributed by atoms with Crippen LogP contribution in [0.15, 0.2) is 103 Å². The molecule has 1 aliphatic rings. The van der Waals surface area contributed by atoms with Crippen LogP contribution in [-0.2, 0) is 15.1 Å². The van der Waals surface area contributed by atoms with E-state index in [4.69, 9.17) is 4.74 Å². The lowest BCUT2D eigenvalue weighted by Gasteiger charge is -2.36. The molecule has 0 amide bonds. The number of cyclic esters (lactones) is 1. The summed E-state index contributed by atoms with van der Waals surface area (Å²) in [6.45, 7) is 0. The summed E-state index contributed by atoms with van der Waals surface area (Å²) in [5.74, 6) is -0.718. The second kappa shape index (κ2) is 7.65. The molecule has 3 aromatic carbocycles. The van der Waals surface area contributed by atoms with Gasteiger partial charge in [-0.2, -0.15) is 0 Å². The highest BCUT2D eigenvalue weighted by Gasteiger charge is 2.46. The third-order valence-corrected chi connectivity index (χ3v) is 5.17. The first-order chi connectivity index (χ1) is 13.7. The Balaban J connectivity index is 1.81. The van der Waals surface area contributed by atoms with Crippen LogP contribution < -0.4 is 0 Å². The van der Waals surface area contributed by atoms with Crippen molar-refractivity contribution in [3.8, 4) is 0 Å². The van der Waals surface area contributed by atoms with E-state index in [9.17, 15) is 9.59 Å². The van der Waals surface area contributed by atoms with Crippen molar-refractivity contribution in [3.63, 3.8) is 0 Å². The van der Waals surface area contributed by atoms with Crippen molar-refractivity contribution in [3.05, 3.63) is 120 Å². The monoisotopic (exact) mass is 368 g/mol. The molecule has 28 heavy (non-hydrogen) atoms. The normalized spacial score (nSPS) is 19.2. The lowest BCUT2D eigenvalue weighted by atomic mass is 9.74. The van der Waals surface area contributed by atoms with Crippen LogP contribution in [0.3, 0.4) is 0 Å². The van der Waals surface area contributed by atoms with Crippen molar-refractivity contribution in [2.24, 2.45) is 0 Å². The predicted octanol–water partition coefficient (Wildman–Crippen LogP) is 5.05. The summed E-state index contributed by atoms with van der Waals surface area (Å²) < 4.78 is 5.89. The highest BCUT2D eigenvalue weighted by atomic mass is 16.6. The van der Waals surface area contributed by atoms with Crippen molar-refractivity contribution in [2.45, 2.75) is 17.9 Å². The molecule has 3 nitrogen and oxygen atoms in total. The lowest BCUT2D eigenvalue weighted by Crippen LogP contribution is -2.35. The van der Waals surface area contributed by atoms with Gasteiger partial charge in [0.1, 0.15) is 0 Å². The molecule has 0 spiro atoms. The highest BCUT2D eigenvalue weighted by molar-refractivity contribution is 5.97. The van der Waals surface area contributed by atoms with Crippen molar-refractivity contribution in [1.82, 2.24) is 0 Å². The first-order valence-corrected chi connectivity index (χ1v) is 9.30. The smallest absolute Gasteiger partial charge is 0.331 e. The SMILES string of the molecule is O=C1C=C[C@](c2ccccc2)([C@@H](CC(=O)c2ccccc2)c2ccccc2)O1. The zero-order valence-electron chi connectivity index (χ0n) is 15.3. The Morgan fingerprint density at radius 3 is 1.96 bits per heavy atom. The van der Waals surface area contributed by atoms with Gasteiger partial charge in [0, 0.05) is 29.5 Å². The summed E-state index contributed by atoms with van der Waals surface area (Å²) >= 11 is 0. The molecule has 0 unspecified atom stereocenters. The molecular formula is C25H20O3. The molecule has 3 aromatic rings. The van der Waals surface area contributed by atoms with Gasteiger partial charge in [-0.3, -0.25) is 4.79 Å². The summed E-state index contributed by atoms with van der Waals surface area (Å²) in [4.78, 5) is 25.2. The van der Waals surface area contributed by atoms with E-state index in [0.29, 0.717) is 5.56 Å². The number of benzene rings is 3. The lowest BCUT2D eigenvalue weighted by molar-refractivity contribution is -0.148. The van der Waals surface area contributed by atoms with Crippen LogP contribution in [-0.4, -0.2) is 11.8 Å². The van der Waals surface area contributed by atoms with Crippen molar-refractivity contribution < 1.29 is 14.3 Å². The van der Waals surface area contributed by atoms with Crippen LogP contribution in [0, 0.1) is 0 Å². The molecular weight excluding hydrogens is 348 g/mol. The van der Waals surface area contributed by atoms with Gasteiger partial charge in [-0.25, -0.2) is 4.79 Å². The molecule has 0 N–H and O–H groups in total. The van der Waals surface area contributed by atoms with Gasteiger partial charge in [-0.1, -0.05) is 91.0 Å². The average Bonchev–Trinajstić information content (AvgIpc) is 3.16. The number of esters is 1. The van der Waals surface area contributed by atoms with Crippen LogP contribution in [0.1, 0.15) is 33.8 Å². The first kappa shape index (κ1) is 17.9. The Morgan fingerprint density at radius 2 is 1.39 bits per heavy atom. The van der Waals surface area contributed by atoms with Gasteiger partial charge in [0.05, 0.1) is 0 Å². The Morgan fingerprint density at radius 1 is 0.821 bits per heavy atom. The quantitative estimate of drug-likeness (QED) is 0.452. The molecule has 4 rings (SSSR count). The zero-order valence-corrected chi connectivity index (χ0v) is 15.3. The maximum atomic E-state index is 13.1. The molecule has 0 fully saturated rings. The largest absolute Gasteiger partial charge is 0.446 e. The van der Waals surface area contributed by atoms with Gasteiger partial charge in [0.25, 0.3) is 0 Å². The minimum Gasteiger partial charge on any atom is -0.446 e. The van der Waals surface area contributed by atoms with E-state index in [2.05, 4.69) is 0 Å². The van der Waals surface area contributed by atoms with Gasteiger partial charge in [0.15, 0.2) is 11.4 Å². The van der Waals surface area contributed by atoms with Gasteiger partial charge in [0.2, 0.25) is 0 Å². The second-order valence-electron chi connectivity index (χ2n) is 6.87. The van der Waals surface area contributed by atoms with Gasteiger partial charge in [-0.05, 0) is 11.6 Å². The number of rotatable bonds is 6. The van der Waals surface area contributed by atoms with Gasteiger partial charge < -0.3 is 4.74 Å². The average molecular weight is 368 g/mol. The fourth-order valence-corrected chi connectivity index (χ4v) is 3.80. The topological polar surface area (TPSA) is 43.4 Å². The van der Waals surface area contributed by atoms with Gasteiger partial charge >= 0.3 is 5.97 Å². The fourth-order valence-electron chi connectivity index (χ4n) is 3.80. The Hall–Kier alpha value is -3.46. The van der Waals surface area contributed by atoms with Crippen LogP contribution in [0.25, 0.3) is 0 Å². The number of hydrogen-bond acceptors (Lipinski definition) is 3. The third kappa shape index (κ3) is 3.39. The maximum absolute atomic E-state index is 13.1. The fraction of sp³-hybridized carbons (Fsp3) is 0.120. The summed E-state index contributed by atoms with van der Waals surface area (Å²) in [5, 5.41) is 0. The van der Waals surface area contributed by atoms with E-state index in [0.717, 1.165) is 11.1 Å².